The average molecular weight is 344 g/mol. The molecule has 0 fully saturated rings. The SMILES string of the molecule is COc1ccc(CCCN(C)CCOc2ccccc2[N+](=O)[O-])cc1. The van der Waals surface area contributed by atoms with Gasteiger partial charge in [0.2, 0.25) is 0 Å². The molecule has 2 rings (SSSR count). The van der Waals surface area contributed by atoms with Crippen LogP contribution in [0.1, 0.15) is 12.0 Å². The fourth-order valence-electron chi connectivity index (χ4n) is 2.50. The number of methoxy groups -OCH3 is 1. The van der Waals surface area contributed by atoms with E-state index in [1.807, 2.05) is 19.2 Å². The summed E-state index contributed by atoms with van der Waals surface area (Å²) in [5.74, 6) is 1.19. The van der Waals surface area contributed by atoms with Gasteiger partial charge in [-0.15, -0.1) is 0 Å². The molecule has 0 saturated carbocycles. The lowest BCUT2D eigenvalue weighted by molar-refractivity contribution is -0.385. The summed E-state index contributed by atoms with van der Waals surface area (Å²) in [5.41, 5.74) is 1.29. The number of likely N-dealkylation sites (N-methyl/N-ethyl adjacent to an activating group) is 1. The minimum Gasteiger partial charge on any atom is -0.497 e. The zero-order chi connectivity index (χ0) is 18.1. The summed E-state index contributed by atoms with van der Waals surface area (Å²) in [6.07, 6.45) is 2.04. The van der Waals surface area contributed by atoms with Crippen molar-refractivity contribution in [3.8, 4) is 11.5 Å². The standard InChI is InChI=1S/C19H24N2O4/c1-20(13-5-6-16-9-11-17(24-2)12-10-16)14-15-25-19-8-4-3-7-18(19)21(22)23/h3-4,7-12H,5-6,13-15H2,1-2H3. The predicted octanol–water partition coefficient (Wildman–Crippen LogP) is 3.55. The lowest BCUT2D eigenvalue weighted by Crippen LogP contribution is -2.25. The zero-order valence-corrected chi connectivity index (χ0v) is 14.7. The maximum atomic E-state index is 10.9. The number of nitrogens with zero attached hydrogens (tertiary/aromatic N) is 2. The molecule has 0 heterocycles. The van der Waals surface area contributed by atoms with Crippen LogP contribution in [0.5, 0.6) is 11.5 Å². The van der Waals surface area contributed by atoms with Crippen molar-refractivity contribution in [2.24, 2.45) is 0 Å². The van der Waals surface area contributed by atoms with Crippen molar-refractivity contribution in [3.05, 3.63) is 64.2 Å². The molecule has 0 atom stereocenters. The van der Waals surface area contributed by atoms with Gasteiger partial charge in [0.25, 0.3) is 0 Å². The molecule has 6 nitrogen and oxygen atoms in total. The normalized spacial score (nSPS) is 10.7. The van der Waals surface area contributed by atoms with Gasteiger partial charge in [0.05, 0.1) is 12.0 Å². The number of hydrogen-bond acceptors (Lipinski definition) is 5. The number of hydrogen-bond donors (Lipinski definition) is 0. The Hall–Kier alpha value is -2.60. The Morgan fingerprint density at radius 3 is 2.48 bits per heavy atom. The van der Waals surface area contributed by atoms with E-state index in [1.165, 1.54) is 11.6 Å². The van der Waals surface area contributed by atoms with Crippen molar-refractivity contribution in [2.75, 3.05) is 33.9 Å². The van der Waals surface area contributed by atoms with Crippen LogP contribution in [-0.2, 0) is 6.42 Å². The van der Waals surface area contributed by atoms with Gasteiger partial charge >= 0.3 is 5.69 Å². The van der Waals surface area contributed by atoms with E-state index in [9.17, 15) is 10.1 Å². The first-order valence-corrected chi connectivity index (χ1v) is 8.28. The van der Waals surface area contributed by atoms with Gasteiger partial charge in [-0.2, -0.15) is 0 Å². The molecule has 0 amide bonds. The number of ether oxygens (including phenoxy) is 2. The van der Waals surface area contributed by atoms with Crippen LogP contribution in [-0.4, -0.2) is 43.7 Å². The smallest absolute Gasteiger partial charge is 0.310 e. The Bertz CT molecular complexity index is 673. The number of rotatable bonds is 10. The third kappa shape index (κ3) is 6.08. The molecule has 0 spiro atoms. The maximum Gasteiger partial charge on any atom is 0.310 e. The predicted molar refractivity (Wildman–Crippen MR) is 97.4 cm³/mol. The maximum absolute atomic E-state index is 10.9. The fourth-order valence-corrected chi connectivity index (χ4v) is 2.50. The van der Waals surface area contributed by atoms with E-state index in [0.29, 0.717) is 18.9 Å². The van der Waals surface area contributed by atoms with Gasteiger partial charge in [-0.1, -0.05) is 24.3 Å². The van der Waals surface area contributed by atoms with Gasteiger partial charge in [0, 0.05) is 12.6 Å². The Labute approximate surface area is 148 Å². The summed E-state index contributed by atoms with van der Waals surface area (Å²) in [4.78, 5) is 12.7. The first-order chi connectivity index (χ1) is 12.1. The highest BCUT2D eigenvalue weighted by Gasteiger charge is 2.13. The van der Waals surface area contributed by atoms with Crippen molar-refractivity contribution in [1.29, 1.82) is 0 Å². The largest absolute Gasteiger partial charge is 0.497 e. The number of para-hydroxylation sites is 2. The number of nitro groups is 1. The quantitative estimate of drug-likeness (QED) is 0.487. The zero-order valence-electron chi connectivity index (χ0n) is 14.7. The number of aryl methyl sites for hydroxylation is 1. The van der Waals surface area contributed by atoms with Crippen molar-refractivity contribution in [2.45, 2.75) is 12.8 Å². The van der Waals surface area contributed by atoms with Crippen LogP contribution in [0.4, 0.5) is 5.69 Å². The summed E-state index contributed by atoms with van der Waals surface area (Å²) in [6.45, 7) is 2.07. The average Bonchev–Trinajstić information content (AvgIpc) is 2.62. The molecule has 0 aliphatic heterocycles. The van der Waals surface area contributed by atoms with Gasteiger partial charge in [-0.25, -0.2) is 0 Å². The molecule has 0 bridgehead atoms. The lowest BCUT2D eigenvalue weighted by atomic mass is 10.1. The summed E-state index contributed by atoms with van der Waals surface area (Å²) in [7, 11) is 3.69. The second kappa shape index (κ2) is 9.64. The molecule has 134 valence electrons. The summed E-state index contributed by atoms with van der Waals surface area (Å²) in [5, 5.41) is 10.9. The first kappa shape index (κ1) is 18.7. The van der Waals surface area contributed by atoms with Crippen molar-refractivity contribution >= 4 is 5.69 Å². The Balaban J connectivity index is 1.68. The van der Waals surface area contributed by atoms with E-state index in [4.69, 9.17) is 9.47 Å². The molecule has 0 aliphatic rings. The lowest BCUT2D eigenvalue weighted by Gasteiger charge is -2.17. The molecular formula is C19H24N2O4. The minimum absolute atomic E-state index is 0.00431. The fraction of sp³-hybridized carbons (Fsp3) is 0.368. The molecular weight excluding hydrogens is 320 g/mol. The Kier molecular flexibility index (Phi) is 7.22. The van der Waals surface area contributed by atoms with Crippen LogP contribution in [0.3, 0.4) is 0 Å². The van der Waals surface area contributed by atoms with E-state index in [1.54, 1.807) is 25.3 Å². The van der Waals surface area contributed by atoms with Crippen LogP contribution >= 0.6 is 0 Å². The van der Waals surface area contributed by atoms with Gasteiger partial charge in [0.15, 0.2) is 5.75 Å². The summed E-state index contributed by atoms with van der Waals surface area (Å²) < 4.78 is 10.7. The molecule has 25 heavy (non-hydrogen) atoms. The Morgan fingerprint density at radius 1 is 1.08 bits per heavy atom. The number of benzene rings is 2. The van der Waals surface area contributed by atoms with E-state index >= 15 is 0 Å². The monoisotopic (exact) mass is 344 g/mol. The summed E-state index contributed by atoms with van der Waals surface area (Å²) in [6, 6.07) is 14.6. The topological polar surface area (TPSA) is 64.8 Å². The van der Waals surface area contributed by atoms with Gasteiger partial charge in [-0.3, -0.25) is 10.1 Å². The van der Waals surface area contributed by atoms with Crippen LogP contribution in [0.15, 0.2) is 48.5 Å². The van der Waals surface area contributed by atoms with Gasteiger partial charge < -0.3 is 14.4 Å². The van der Waals surface area contributed by atoms with Crippen molar-refractivity contribution < 1.29 is 14.4 Å². The highest BCUT2D eigenvalue weighted by Crippen LogP contribution is 2.25. The third-order valence-electron chi connectivity index (χ3n) is 3.96. The molecule has 2 aromatic carbocycles. The van der Waals surface area contributed by atoms with Crippen LogP contribution in [0.25, 0.3) is 0 Å². The van der Waals surface area contributed by atoms with E-state index < -0.39 is 4.92 Å². The molecule has 0 aliphatic carbocycles. The Morgan fingerprint density at radius 2 is 1.80 bits per heavy atom. The molecule has 6 heteroatoms. The first-order valence-electron chi connectivity index (χ1n) is 8.28. The molecule has 2 aromatic rings. The molecule has 0 unspecified atom stereocenters. The second-order valence-corrected chi connectivity index (χ2v) is 5.83. The molecule has 0 saturated heterocycles. The van der Waals surface area contributed by atoms with Crippen LogP contribution < -0.4 is 9.47 Å². The van der Waals surface area contributed by atoms with Gasteiger partial charge in [0.1, 0.15) is 12.4 Å². The van der Waals surface area contributed by atoms with E-state index in [-0.39, 0.29) is 5.69 Å². The van der Waals surface area contributed by atoms with Gasteiger partial charge in [-0.05, 0) is 50.2 Å². The highest BCUT2D eigenvalue weighted by atomic mass is 16.6. The second-order valence-electron chi connectivity index (χ2n) is 5.83. The minimum atomic E-state index is -0.423. The number of nitro benzene ring substituents is 1. The molecule has 0 N–H and O–H groups in total. The third-order valence-corrected chi connectivity index (χ3v) is 3.96. The van der Waals surface area contributed by atoms with Crippen LogP contribution in [0.2, 0.25) is 0 Å². The summed E-state index contributed by atoms with van der Waals surface area (Å²) >= 11 is 0. The highest BCUT2D eigenvalue weighted by molar-refractivity contribution is 5.45. The molecule has 0 aromatic heterocycles. The van der Waals surface area contributed by atoms with Crippen molar-refractivity contribution in [3.63, 3.8) is 0 Å². The molecule has 0 radical (unpaired) electrons. The van der Waals surface area contributed by atoms with Crippen molar-refractivity contribution in [1.82, 2.24) is 4.90 Å². The van der Waals surface area contributed by atoms with E-state index in [0.717, 1.165) is 25.1 Å². The van der Waals surface area contributed by atoms with Crippen LogP contribution in [0, 0.1) is 10.1 Å². The van der Waals surface area contributed by atoms with E-state index in [2.05, 4.69) is 17.0 Å².